The van der Waals surface area contributed by atoms with Crippen LogP contribution in [0.3, 0.4) is 0 Å². The zero-order valence-electron chi connectivity index (χ0n) is 16.7. The van der Waals surface area contributed by atoms with E-state index in [4.69, 9.17) is 9.84 Å². The smallest absolute Gasteiger partial charge is 0.303 e. The van der Waals surface area contributed by atoms with E-state index in [9.17, 15) is 19.5 Å². The number of ketones is 2. The van der Waals surface area contributed by atoms with Gasteiger partial charge in [0.05, 0.1) is 7.11 Å². The first-order chi connectivity index (χ1) is 13.5. The first-order valence-electron chi connectivity index (χ1n) is 10.1. The molecule has 1 rings (SSSR count). The summed E-state index contributed by atoms with van der Waals surface area (Å²) in [5, 5.41) is 18.4. The van der Waals surface area contributed by atoms with Crippen LogP contribution in [0.15, 0.2) is 35.3 Å². The number of methoxy groups -OCH3 is 1. The van der Waals surface area contributed by atoms with Gasteiger partial charge in [-0.15, -0.1) is 0 Å². The molecule has 1 aliphatic carbocycles. The van der Waals surface area contributed by atoms with Crippen molar-refractivity contribution in [3.63, 3.8) is 0 Å². The maximum absolute atomic E-state index is 12.1. The third kappa shape index (κ3) is 9.02. The van der Waals surface area contributed by atoms with E-state index in [0.29, 0.717) is 12.8 Å². The van der Waals surface area contributed by atoms with Gasteiger partial charge in [-0.1, -0.05) is 44.3 Å². The van der Waals surface area contributed by atoms with Crippen LogP contribution in [0.2, 0.25) is 0 Å². The lowest BCUT2D eigenvalue weighted by molar-refractivity contribution is -0.137. The minimum absolute atomic E-state index is 0.00580. The molecular formula is C22H32O6. The summed E-state index contributed by atoms with van der Waals surface area (Å²) in [6.07, 6.45) is 15.8. The van der Waals surface area contributed by atoms with Crippen molar-refractivity contribution in [1.29, 1.82) is 0 Å². The monoisotopic (exact) mass is 392 g/mol. The van der Waals surface area contributed by atoms with Crippen LogP contribution in [0.1, 0.15) is 77.0 Å². The van der Waals surface area contributed by atoms with E-state index in [1.165, 1.54) is 13.5 Å². The second-order valence-electron chi connectivity index (χ2n) is 7.00. The van der Waals surface area contributed by atoms with Crippen molar-refractivity contribution in [2.45, 2.75) is 77.0 Å². The van der Waals surface area contributed by atoms with Crippen LogP contribution in [0.25, 0.3) is 0 Å². The van der Waals surface area contributed by atoms with E-state index >= 15 is 0 Å². The number of aliphatic carboxylic acids is 1. The van der Waals surface area contributed by atoms with Gasteiger partial charge in [0.15, 0.2) is 11.5 Å². The van der Waals surface area contributed by atoms with Gasteiger partial charge in [-0.3, -0.25) is 14.4 Å². The molecule has 0 aromatic heterocycles. The van der Waals surface area contributed by atoms with Gasteiger partial charge in [0.25, 0.3) is 0 Å². The zero-order chi connectivity index (χ0) is 20.8. The summed E-state index contributed by atoms with van der Waals surface area (Å²) in [5.74, 6) is -2.15. The quantitative estimate of drug-likeness (QED) is 0.236. The molecule has 0 aromatic carbocycles. The van der Waals surface area contributed by atoms with Gasteiger partial charge < -0.3 is 14.9 Å². The fourth-order valence-corrected chi connectivity index (χ4v) is 3.10. The Morgan fingerprint density at radius 2 is 1.54 bits per heavy atom. The molecule has 0 fully saturated rings. The van der Waals surface area contributed by atoms with Crippen molar-refractivity contribution < 1.29 is 29.3 Å². The second kappa shape index (κ2) is 13.7. The highest BCUT2D eigenvalue weighted by Gasteiger charge is 2.28. The van der Waals surface area contributed by atoms with Gasteiger partial charge in [-0.2, -0.15) is 0 Å². The Morgan fingerprint density at radius 1 is 0.964 bits per heavy atom. The summed E-state index contributed by atoms with van der Waals surface area (Å²) >= 11 is 0. The molecule has 0 aromatic rings. The topological polar surface area (TPSA) is 101 Å². The summed E-state index contributed by atoms with van der Waals surface area (Å²) in [6.45, 7) is 0. The summed E-state index contributed by atoms with van der Waals surface area (Å²) < 4.78 is 4.90. The van der Waals surface area contributed by atoms with Crippen LogP contribution in [-0.4, -0.2) is 34.9 Å². The number of carbonyl (C=O) groups is 3. The van der Waals surface area contributed by atoms with Crippen LogP contribution < -0.4 is 0 Å². The summed E-state index contributed by atoms with van der Waals surface area (Å²) in [4.78, 5) is 34.1. The molecule has 0 atom stereocenters. The standard InChI is InChI=1S/C22H32O6/c1-28-19-16-18(23)21(26)17(22(19)27)14-12-10-8-6-4-2-3-5-7-9-11-13-15-20(24)25/h7,9,16,26H,2-6,8,10-15H2,1H3,(H,24,25)/b9-7-. The normalized spacial score (nSPS) is 14.7. The lowest BCUT2D eigenvalue weighted by Gasteiger charge is -2.14. The Morgan fingerprint density at radius 3 is 2.14 bits per heavy atom. The molecular weight excluding hydrogens is 360 g/mol. The lowest BCUT2D eigenvalue weighted by atomic mass is 9.94. The number of aliphatic hydroxyl groups is 1. The van der Waals surface area contributed by atoms with Crippen molar-refractivity contribution >= 4 is 17.5 Å². The SMILES string of the molecule is COC1=CC(=O)C(O)=C(CCCCCCCCC/C=C\CCCC(=O)O)C1=O. The number of carboxylic acids is 1. The maximum Gasteiger partial charge on any atom is 0.303 e. The highest BCUT2D eigenvalue weighted by molar-refractivity contribution is 6.20. The molecule has 0 amide bonds. The van der Waals surface area contributed by atoms with E-state index < -0.39 is 23.3 Å². The summed E-state index contributed by atoms with van der Waals surface area (Å²) in [5.41, 5.74) is 0.166. The molecule has 156 valence electrons. The predicted octanol–water partition coefficient (Wildman–Crippen LogP) is 4.80. The summed E-state index contributed by atoms with van der Waals surface area (Å²) in [6, 6.07) is 0. The Balaban J connectivity index is 2.04. The number of aliphatic hydroxyl groups excluding tert-OH is 1. The number of carbonyl (C=O) groups excluding carboxylic acids is 2. The van der Waals surface area contributed by atoms with Crippen molar-refractivity contribution in [3.05, 3.63) is 35.3 Å². The van der Waals surface area contributed by atoms with Crippen molar-refractivity contribution in [1.82, 2.24) is 0 Å². The summed E-state index contributed by atoms with van der Waals surface area (Å²) in [7, 11) is 1.34. The number of hydrogen-bond donors (Lipinski definition) is 2. The molecule has 6 nitrogen and oxygen atoms in total. The highest BCUT2D eigenvalue weighted by atomic mass is 16.5. The van der Waals surface area contributed by atoms with E-state index in [1.54, 1.807) is 0 Å². The molecule has 0 unspecified atom stereocenters. The average molecular weight is 392 g/mol. The molecule has 0 heterocycles. The maximum atomic E-state index is 12.1. The van der Waals surface area contributed by atoms with Crippen LogP contribution in [-0.2, 0) is 19.1 Å². The Bertz CT molecular complexity index is 627. The number of rotatable bonds is 15. The molecule has 28 heavy (non-hydrogen) atoms. The Kier molecular flexibility index (Phi) is 11.6. The van der Waals surface area contributed by atoms with Gasteiger partial charge in [0, 0.05) is 18.1 Å². The number of allylic oxidation sites excluding steroid dienone is 4. The van der Waals surface area contributed by atoms with Gasteiger partial charge in [-0.25, -0.2) is 0 Å². The van der Waals surface area contributed by atoms with Crippen molar-refractivity contribution in [2.24, 2.45) is 0 Å². The molecule has 0 spiro atoms. The van der Waals surface area contributed by atoms with E-state index in [1.807, 2.05) is 0 Å². The number of carboxylic acid groups (broad SMARTS) is 1. The van der Waals surface area contributed by atoms with Gasteiger partial charge in [0.2, 0.25) is 11.6 Å². The lowest BCUT2D eigenvalue weighted by Crippen LogP contribution is -2.20. The zero-order valence-corrected chi connectivity index (χ0v) is 16.7. The van der Waals surface area contributed by atoms with Gasteiger partial charge in [-0.05, 0) is 38.5 Å². The van der Waals surface area contributed by atoms with Gasteiger partial charge >= 0.3 is 5.97 Å². The molecule has 0 radical (unpaired) electrons. The largest absolute Gasteiger partial charge is 0.504 e. The van der Waals surface area contributed by atoms with Crippen molar-refractivity contribution in [3.8, 4) is 0 Å². The number of hydrogen-bond acceptors (Lipinski definition) is 5. The molecule has 0 saturated heterocycles. The van der Waals surface area contributed by atoms with E-state index in [-0.39, 0.29) is 17.8 Å². The molecule has 0 aliphatic heterocycles. The van der Waals surface area contributed by atoms with Crippen LogP contribution in [0, 0.1) is 0 Å². The molecule has 0 bridgehead atoms. The first kappa shape index (κ1) is 23.7. The predicted molar refractivity (Wildman–Crippen MR) is 107 cm³/mol. The van der Waals surface area contributed by atoms with E-state index in [0.717, 1.165) is 57.4 Å². The fourth-order valence-electron chi connectivity index (χ4n) is 3.10. The second-order valence-corrected chi connectivity index (χ2v) is 7.00. The van der Waals surface area contributed by atoms with Crippen LogP contribution in [0.5, 0.6) is 0 Å². The molecule has 1 aliphatic rings. The Labute approximate surface area is 167 Å². The van der Waals surface area contributed by atoms with Crippen molar-refractivity contribution in [2.75, 3.05) is 7.11 Å². The minimum atomic E-state index is -0.739. The Hall–Kier alpha value is -2.37. The van der Waals surface area contributed by atoms with Crippen LogP contribution in [0.4, 0.5) is 0 Å². The fraction of sp³-hybridized carbons (Fsp3) is 0.591. The average Bonchev–Trinajstić information content (AvgIpc) is 2.67. The third-order valence-electron chi connectivity index (χ3n) is 4.72. The molecule has 0 saturated carbocycles. The van der Waals surface area contributed by atoms with E-state index in [2.05, 4.69) is 12.2 Å². The van der Waals surface area contributed by atoms with Gasteiger partial charge in [0.1, 0.15) is 0 Å². The molecule has 2 N–H and O–H groups in total. The first-order valence-corrected chi connectivity index (χ1v) is 10.1. The number of unbranched alkanes of at least 4 members (excludes halogenated alkanes) is 8. The molecule has 6 heteroatoms. The minimum Gasteiger partial charge on any atom is -0.504 e. The third-order valence-corrected chi connectivity index (χ3v) is 4.72. The number of Topliss-reactive ketones (excluding diaryl/α,β-unsaturated/α-hetero) is 1. The number of ether oxygens (including phenoxy) is 1. The highest BCUT2D eigenvalue weighted by Crippen LogP contribution is 2.23. The van der Waals surface area contributed by atoms with Crippen LogP contribution >= 0.6 is 0 Å².